The Morgan fingerprint density at radius 2 is 1.96 bits per heavy atom. The molecule has 0 amide bonds. The van der Waals surface area contributed by atoms with Crippen LogP contribution in [-0.2, 0) is 17.8 Å². The van der Waals surface area contributed by atoms with Crippen molar-refractivity contribution in [1.82, 2.24) is 0 Å². The molecule has 2 aromatic carbocycles. The van der Waals surface area contributed by atoms with Crippen molar-refractivity contribution in [3.63, 3.8) is 0 Å². The number of rotatable bonds is 6. The van der Waals surface area contributed by atoms with Crippen LogP contribution in [0.4, 0.5) is 18.9 Å². The van der Waals surface area contributed by atoms with E-state index < -0.39 is 23.3 Å². The minimum absolute atomic E-state index is 0.0600. The number of non-ortho nitro benzene ring substituents is 1. The Hall–Kier alpha value is -2.61. The highest BCUT2D eigenvalue weighted by Gasteiger charge is 2.43. The first kappa shape index (κ1) is 19.2. The highest BCUT2D eigenvalue weighted by molar-refractivity contribution is 5.44. The quantitative estimate of drug-likeness (QED) is 0.531. The molecule has 5 nitrogen and oxygen atoms in total. The molecule has 2 atom stereocenters. The van der Waals surface area contributed by atoms with Crippen molar-refractivity contribution in [2.24, 2.45) is 0 Å². The molecule has 0 saturated heterocycles. The summed E-state index contributed by atoms with van der Waals surface area (Å²) < 4.78 is 50.9. The van der Waals surface area contributed by atoms with Gasteiger partial charge in [-0.15, -0.1) is 0 Å². The minimum Gasteiger partial charge on any atom is -0.490 e. The van der Waals surface area contributed by atoms with Crippen LogP contribution in [0.5, 0.6) is 5.75 Å². The Bertz CT molecular complexity index is 795. The van der Waals surface area contributed by atoms with Gasteiger partial charge in [0, 0.05) is 24.1 Å². The summed E-state index contributed by atoms with van der Waals surface area (Å²) in [5.74, 6) is 0.390. The third-order valence-corrected chi connectivity index (χ3v) is 4.42. The van der Waals surface area contributed by atoms with Gasteiger partial charge in [0.25, 0.3) is 5.69 Å². The highest BCUT2D eigenvalue weighted by Crippen LogP contribution is 2.35. The molecule has 1 heterocycles. The second-order valence-corrected chi connectivity index (χ2v) is 6.39. The summed E-state index contributed by atoms with van der Waals surface area (Å²) in [5.41, 5.74) is 1.23. The lowest BCUT2D eigenvalue weighted by Gasteiger charge is -2.30. The summed E-state index contributed by atoms with van der Waals surface area (Å²) in [5, 5.41) is 10.8. The molecule has 1 aliphatic heterocycles. The van der Waals surface area contributed by atoms with Crippen LogP contribution in [0, 0.1) is 10.1 Å². The third-order valence-electron chi connectivity index (χ3n) is 4.42. The Morgan fingerprint density at radius 1 is 1.22 bits per heavy atom. The lowest BCUT2D eigenvalue weighted by atomic mass is 9.98. The molecule has 2 aromatic rings. The van der Waals surface area contributed by atoms with E-state index in [-0.39, 0.29) is 18.7 Å². The Morgan fingerprint density at radius 3 is 2.63 bits per heavy atom. The van der Waals surface area contributed by atoms with Gasteiger partial charge in [0.15, 0.2) is 6.10 Å². The number of nitro groups is 1. The predicted molar refractivity (Wildman–Crippen MR) is 91.5 cm³/mol. The van der Waals surface area contributed by atoms with Crippen molar-refractivity contribution >= 4 is 5.69 Å². The van der Waals surface area contributed by atoms with E-state index in [0.29, 0.717) is 29.7 Å². The standard InChI is InChI=1S/C19H18F3NO4/c20-19(21,22)18(26-12-13-4-2-1-3-5-13)11-16-8-6-14-10-15(23(24)25)7-9-17(14)27-16/h1-5,7,9-10,16,18H,6,8,11-12H2. The predicted octanol–water partition coefficient (Wildman–Crippen LogP) is 4.83. The molecule has 3 rings (SSSR count). The lowest BCUT2D eigenvalue weighted by molar-refractivity contribution is -0.385. The molecule has 0 N–H and O–H groups in total. The van der Waals surface area contributed by atoms with Gasteiger partial charge in [-0.05, 0) is 24.5 Å². The maximum Gasteiger partial charge on any atom is 0.414 e. The molecule has 0 fully saturated rings. The van der Waals surface area contributed by atoms with Crippen LogP contribution < -0.4 is 4.74 Å². The number of benzene rings is 2. The molecule has 8 heteroatoms. The average Bonchev–Trinajstić information content (AvgIpc) is 2.64. The summed E-state index contributed by atoms with van der Waals surface area (Å²) in [6, 6.07) is 12.8. The SMILES string of the molecule is O=[N+]([O-])c1ccc2c(c1)CCC(CC(OCc1ccccc1)C(F)(F)F)O2. The number of halogens is 3. The first-order valence-corrected chi connectivity index (χ1v) is 8.49. The molecule has 1 aliphatic rings. The molecule has 2 unspecified atom stereocenters. The third kappa shape index (κ3) is 4.97. The molecule has 0 radical (unpaired) electrons. The molecule has 0 aliphatic carbocycles. The van der Waals surface area contributed by atoms with Crippen LogP contribution in [-0.4, -0.2) is 23.3 Å². The van der Waals surface area contributed by atoms with Crippen LogP contribution in [0.3, 0.4) is 0 Å². The van der Waals surface area contributed by atoms with Gasteiger partial charge in [-0.25, -0.2) is 0 Å². The Balaban J connectivity index is 1.65. The van der Waals surface area contributed by atoms with Crippen molar-refractivity contribution < 1.29 is 27.6 Å². The first-order valence-electron chi connectivity index (χ1n) is 8.49. The van der Waals surface area contributed by atoms with Crippen molar-refractivity contribution in [3.05, 3.63) is 69.8 Å². The summed E-state index contributed by atoms with van der Waals surface area (Å²) in [6.07, 6.45) is -6.68. The van der Waals surface area contributed by atoms with Gasteiger partial charge in [0.1, 0.15) is 11.9 Å². The number of hydrogen-bond acceptors (Lipinski definition) is 4. The number of alkyl halides is 3. The van der Waals surface area contributed by atoms with Crippen molar-refractivity contribution in [2.45, 2.75) is 44.3 Å². The zero-order valence-corrected chi connectivity index (χ0v) is 14.3. The zero-order valence-electron chi connectivity index (χ0n) is 14.3. The normalized spacial score (nSPS) is 17.7. The molecular formula is C19H18F3NO4. The number of hydrogen-bond donors (Lipinski definition) is 0. The highest BCUT2D eigenvalue weighted by atomic mass is 19.4. The maximum absolute atomic E-state index is 13.4. The van der Waals surface area contributed by atoms with Crippen LogP contribution in [0.15, 0.2) is 48.5 Å². The van der Waals surface area contributed by atoms with E-state index in [1.54, 1.807) is 30.3 Å². The summed E-state index contributed by atoms with van der Waals surface area (Å²) in [6.45, 7) is -0.138. The second-order valence-electron chi connectivity index (χ2n) is 6.39. The van der Waals surface area contributed by atoms with Crippen LogP contribution in [0.25, 0.3) is 0 Å². The fourth-order valence-electron chi connectivity index (χ4n) is 3.02. The van der Waals surface area contributed by atoms with Gasteiger partial charge in [0.05, 0.1) is 11.5 Å². The molecule has 144 valence electrons. The molecule has 0 saturated carbocycles. The summed E-state index contributed by atoms with van der Waals surface area (Å²) >= 11 is 0. The zero-order chi connectivity index (χ0) is 19.4. The van der Waals surface area contributed by atoms with E-state index in [2.05, 4.69) is 0 Å². The maximum atomic E-state index is 13.4. The Labute approximate surface area is 153 Å². The lowest BCUT2D eigenvalue weighted by Crippen LogP contribution is -2.37. The van der Waals surface area contributed by atoms with Gasteiger partial charge in [-0.2, -0.15) is 13.2 Å². The number of ether oxygens (including phenoxy) is 2. The van der Waals surface area contributed by atoms with Gasteiger partial charge in [-0.3, -0.25) is 10.1 Å². The van der Waals surface area contributed by atoms with Gasteiger partial charge >= 0.3 is 6.18 Å². The molecule has 0 bridgehead atoms. The first-order chi connectivity index (χ1) is 12.8. The van der Waals surface area contributed by atoms with Crippen molar-refractivity contribution in [3.8, 4) is 5.75 Å². The molecule has 0 spiro atoms. The molecule has 27 heavy (non-hydrogen) atoms. The minimum atomic E-state index is -4.51. The van der Waals surface area contributed by atoms with Crippen LogP contribution in [0.2, 0.25) is 0 Å². The van der Waals surface area contributed by atoms with Crippen LogP contribution >= 0.6 is 0 Å². The smallest absolute Gasteiger partial charge is 0.414 e. The van der Waals surface area contributed by atoms with Crippen LogP contribution in [0.1, 0.15) is 24.0 Å². The monoisotopic (exact) mass is 381 g/mol. The molecular weight excluding hydrogens is 363 g/mol. The van der Waals surface area contributed by atoms with E-state index >= 15 is 0 Å². The van der Waals surface area contributed by atoms with Crippen molar-refractivity contribution in [2.75, 3.05) is 0 Å². The second kappa shape index (κ2) is 7.96. The van der Waals surface area contributed by atoms with E-state index in [1.807, 2.05) is 0 Å². The van der Waals surface area contributed by atoms with Gasteiger partial charge in [-0.1, -0.05) is 30.3 Å². The van der Waals surface area contributed by atoms with E-state index in [9.17, 15) is 23.3 Å². The number of aryl methyl sites for hydroxylation is 1. The van der Waals surface area contributed by atoms with Crippen molar-refractivity contribution in [1.29, 1.82) is 0 Å². The van der Waals surface area contributed by atoms with Gasteiger partial charge in [0.2, 0.25) is 0 Å². The number of fused-ring (bicyclic) bond motifs is 1. The summed E-state index contributed by atoms with van der Waals surface area (Å²) in [4.78, 5) is 10.3. The fraction of sp³-hybridized carbons (Fsp3) is 0.368. The van der Waals surface area contributed by atoms with E-state index in [1.165, 1.54) is 18.2 Å². The van der Waals surface area contributed by atoms with Gasteiger partial charge < -0.3 is 9.47 Å². The number of nitro benzene ring substituents is 1. The fourth-order valence-corrected chi connectivity index (χ4v) is 3.02. The Kier molecular flexibility index (Phi) is 5.65. The van der Waals surface area contributed by atoms with E-state index in [4.69, 9.17) is 9.47 Å². The number of nitrogens with zero attached hydrogens (tertiary/aromatic N) is 1. The molecule has 0 aromatic heterocycles. The van der Waals surface area contributed by atoms with E-state index in [0.717, 1.165) is 0 Å². The topological polar surface area (TPSA) is 61.6 Å². The summed E-state index contributed by atoms with van der Waals surface area (Å²) in [7, 11) is 0. The largest absolute Gasteiger partial charge is 0.490 e. The average molecular weight is 381 g/mol.